The predicted molar refractivity (Wildman–Crippen MR) is 70.4 cm³/mol. The second-order valence-corrected chi connectivity index (χ2v) is 5.56. The molecule has 0 aromatic carbocycles. The zero-order chi connectivity index (χ0) is 12.4. The van der Waals surface area contributed by atoms with E-state index in [1.807, 2.05) is 0 Å². The molecule has 2 fully saturated rings. The Morgan fingerprint density at radius 1 is 1.28 bits per heavy atom. The molecule has 3 nitrogen and oxygen atoms in total. The van der Waals surface area contributed by atoms with Crippen LogP contribution in [0.5, 0.6) is 0 Å². The van der Waals surface area contributed by atoms with Gasteiger partial charge in [0.15, 0.2) is 0 Å². The lowest BCUT2D eigenvalue weighted by Gasteiger charge is -2.40. The van der Waals surface area contributed by atoms with E-state index >= 15 is 0 Å². The highest BCUT2D eigenvalue weighted by atomic mass is 16.5. The van der Waals surface area contributed by atoms with Crippen LogP contribution in [0.2, 0.25) is 0 Å². The van der Waals surface area contributed by atoms with Crippen LogP contribution in [0.15, 0.2) is 16.5 Å². The van der Waals surface area contributed by atoms with Gasteiger partial charge in [-0.15, -0.1) is 0 Å². The van der Waals surface area contributed by atoms with Crippen molar-refractivity contribution in [2.24, 2.45) is 5.92 Å². The molecule has 18 heavy (non-hydrogen) atoms. The van der Waals surface area contributed by atoms with Crippen molar-refractivity contribution in [1.29, 1.82) is 0 Å². The maximum Gasteiger partial charge on any atom is 0.118 e. The molecular formula is C15H23NO2. The standard InChI is InChI=1S/C15H23NO2/c1-2-13-5-6-14(18-13)11-16-8-7-15-12(10-16)4-3-9-17-15/h5-6,12,15H,2-4,7-11H2,1H3. The van der Waals surface area contributed by atoms with Gasteiger partial charge in [0.25, 0.3) is 0 Å². The Morgan fingerprint density at radius 2 is 2.17 bits per heavy atom. The second kappa shape index (κ2) is 5.45. The van der Waals surface area contributed by atoms with Crippen LogP contribution in [0.25, 0.3) is 0 Å². The van der Waals surface area contributed by atoms with Crippen molar-refractivity contribution in [1.82, 2.24) is 4.90 Å². The van der Waals surface area contributed by atoms with E-state index in [0.717, 1.165) is 43.6 Å². The van der Waals surface area contributed by atoms with Gasteiger partial charge >= 0.3 is 0 Å². The lowest BCUT2D eigenvalue weighted by atomic mass is 9.88. The summed E-state index contributed by atoms with van der Waals surface area (Å²) in [4.78, 5) is 2.52. The normalized spacial score (nSPS) is 29.2. The highest BCUT2D eigenvalue weighted by Gasteiger charge is 2.32. The molecule has 2 unspecified atom stereocenters. The van der Waals surface area contributed by atoms with E-state index in [1.54, 1.807) is 0 Å². The van der Waals surface area contributed by atoms with E-state index in [9.17, 15) is 0 Å². The van der Waals surface area contributed by atoms with Crippen LogP contribution < -0.4 is 0 Å². The SMILES string of the molecule is CCc1ccc(CN2CCC3OCCCC3C2)o1. The Hall–Kier alpha value is -0.800. The van der Waals surface area contributed by atoms with Crippen LogP contribution in [0.1, 0.15) is 37.7 Å². The first-order valence-electron chi connectivity index (χ1n) is 7.26. The monoisotopic (exact) mass is 249 g/mol. The Labute approximate surface area is 109 Å². The van der Waals surface area contributed by atoms with E-state index in [0.29, 0.717) is 6.10 Å². The molecular weight excluding hydrogens is 226 g/mol. The highest BCUT2D eigenvalue weighted by molar-refractivity contribution is 5.07. The zero-order valence-electron chi connectivity index (χ0n) is 11.2. The quantitative estimate of drug-likeness (QED) is 0.823. The smallest absolute Gasteiger partial charge is 0.118 e. The van der Waals surface area contributed by atoms with E-state index in [2.05, 4.69) is 24.0 Å². The Bertz CT molecular complexity index is 388. The predicted octanol–water partition coefficient (Wildman–Crippen LogP) is 2.84. The summed E-state index contributed by atoms with van der Waals surface area (Å²) in [6, 6.07) is 4.23. The van der Waals surface area contributed by atoms with Gasteiger partial charge in [0, 0.05) is 26.1 Å². The lowest BCUT2D eigenvalue weighted by Crippen LogP contribution is -2.45. The first kappa shape index (κ1) is 12.2. The van der Waals surface area contributed by atoms with Crippen LogP contribution in [0, 0.1) is 5.92 Å². The van der Waals surface area contributed by atoms with Crippen molar-refractivity contribution in [3.63, 3.8) is 0 Å². The van der Waals surface area contributed by atoms with E-state index in [-0.39, 0.29) is 0 Å². The van der Waals surface area contributed by atoms with E-state index in [1.165, 1.54) is 25.8 Å². The zero-order valence-corrected chi connectivity index (χ0v) is 11.2. The van der Waals surface area contributed by atoms with Crippen molar-refractivity contribution in [2.45, 2.75) is 45.3 Å². The molecule has 3 heterocycles. The maximum atomic E-state index is 5.85. The van der Waals surface area contributed by atoms with Gasteiger partial charge in [0.2, 0.25) is 0 Å². The average molecular weight is 249 g/mol. The molecule has 0 aliphatic carbocycles. The van der Waals surface area contributed by atoms with Gasteiger partial charge in [-0.3, -0.25) is 4.90 Å². The summed E-state index contributed by atoms with van der Waals surface area (Å²) in [6.07, 6.45) is 5.26. The molecule has 2 aliphatic rings. The van der Waals surface area contributed by atoms with Gasteiger partial charge in [-0.1, -0.05) is 6.92 Å². The Morgan fingerprint density at radius 3 is 3.00 bits per heavy atom. The molecule has 0 amide bonds. The fourth-order valence-electron chi connectivity index (χ4n) is 3.22. The number of hydrogen-bond acceptors (Lipinski definition) is 3. The van der Waals surface area contributed by atoms with Gasteiger partial charge in [-0.05, 0) is 37.3 Å². The minimum Gasteiger partial charge on any atom is -0.465 e. The topological polar surface area (TPSA) is 25.6 Å². The van der Waals surface area contributed by atoms with Crippen LogP contribution in [-0.4, -0.2) is 30.7 Å². The van der Waals surface area contributed by atoms with Crippen LogP contribution in [0.3, 0.4) is 0 Å². The summed E-state index contributed by atoms with van der Waals surface area (Å²) in [5.74, 6) is 2.95. The molecule has 0 saturated carbocycles. The summed E-state index contributed by atoms with van der Waals surface area (Å²) >= 11 is 0. The molecule has 1 aromatic rings. The fourth-order valence-corrected chi connectivity index (χ4v) is 3.22. The van der Waals surface area contributed by atoms with Gasteiger partial charge in [-0.25, -0.2) is 0 Å². The number of furan rings is 1. The lowest BCUT2D eigenvalue weighted by molar-refractivity contribution is -0.0684. The number of piperidine rings is 1. The number of ether oxygens (including phenoxy) is 1. The van der Waals surface area contributed by atoms with Crippen LogP contribution in [-0.2, 0) is 17.7 Å². The minimum atomic E-state index is 0.526. The summed E-state index contributed by atoms with van der Waals surface area (Å²) in [7, 11) is 0. The number of fused-ring (bicyclic) bond motifs is 1. The molecule has 3 rings (SSSR count). The van der Waals surface area contributed by atoms with Crippen molar-refractivity contribution in [3.05, 3.63) is 23.7 Å². The number of likely N-dealkylation sites (tertiary alicyclic amines) is 1. The third kappa shape index (κ3) is 2.62. The fraction of sp³-hybridized carbons (Fsp3) is 0.733. The third-order valence-corrected chi connectivity index (χ3v) is 4.24. The summed E-state index contributed by atoms with van der Waals surface area (Å²) < 4.78 is 11.7. The van der Waals surface area contributed by atoms with Gasteiger partial charge < -0.3 is 9.15 Å². The first-order valence-corrected chi connectivity index (χ1v) is 7.26. The molecule has 2 aliphatic heterocycles. The Kier molecular flexibility index (Phi) is 3.71. The summed E-state index contributed by atoms with van der Waals surface area (Å²) in [5, 5.41) is 0. The van der Waals surface area contributed by atoms with Crippen molar-refractivity contribution in [2.75, 3.05) is 19.7 Å². The van der Waals surface area contributed by atoms with Gasteiger partial charge in [-0.2, -0.15) is 0 Å². The van der Waals surface area contributed by atoms with Crippen molar-refractivity contribution < 1.29 is 9.15 Å². The van der Waals surface area contributed by atoms with Crippen LogP contribution >= 0.6 is 0 Å². The van der Waals surface area contributed by atoms with Crippen molar-refractivity contribution >= 4 is 0 Å². The molecule has 0 radical (unpaired) electrons. The number of hydrogen-bond donors (Lipinski definition) is 0. The molecule has 2 atom stereocenters. The molecule has 1 aromatic heterocycles. The average Bonchev–Trinajstić information content (AvgIpc) is 2.86. The summed E-state index contributed by atoms with van der Waals surface area (Å²) in [5.41, 5.74) is 0. The highest BCUT2D eigenvalue weighted by Crippen LogP contribution is 2.29. The molecule has 2 saturated heterocycles. The van der Waals surface area contributed by atoms with Crippen molar-refractivity contribution in [3.8, 4) is 0 Å². The number of aryl methyl sites for hydroxylation is 1. The molecule has 3 heteroatoms. The third-order valence-electron chi connectivity index (χ3n) is 4.24. The number of rotatable bonds is 3. The molecule has 0 spiro atoms. The maximum absolute atomic E-state index is 5.85. The van der Waals surface area contributed by atoms with E-state index in [4.69, 9.17) is 9.15 Å². The number of nitrogens with zero attached hydrogens (tertiary/aromatic N) is 1. The molecule has 0 bridgehead atoms. The van der Waals surface area contributed by atoms with Gasteiger partial charge in [0.1, 0.15) is 11.5 Å². The second-order valence-electron chi connectivity index (χ2n) is 5.56. The largest absolute Gasteiger partial charge is 0.465 e. The molecule has 100 valence electrons. The minimum absolute atomic E-state index is 0.526. The first-order chi connectivity index (χ1) is 8.85. The van der Waals surface area contributed by atoms with E-state index < -0.39 is 0 Å². The van der Waals surface area contributed by atoms with Gasteiger partial charge in [0.05, 0.1) is 12.6 Å². The Balaban J connectivity index is 1.57. The summed E-state index contributed by atoms with van der Waals surface area (Å²) in [6.45, 7) is 6.38. The van der Waals surface area contributed by atoms with Crippen LogP contribution in [0.4, 0.5) is 0 Å². The molecule has 0 N–H and O–H groups in total.